The number of benzene rings is 11. The van der Waals surface area contributed by atoms with E-state index in [4.69, 9.17) is 0 Å². The Morgan fingerprint density at radius 3 is 1.11 bits per heavy atom. The van der Waals surface area contributed by atoms with E-state index < -0.39 is 0 Å². The molecule has 2 nitrogen and oxygen atoms in total. The SMILES string of the molecule is c1ccc(-c2ccc(N(c3ccc(-c4ccccc4)cc3)c3ccc4c5ccc(-c6ccc(-n7c8ccccc8c8ccccc87)cc6)cc5c5ccccc5c4c3)cc2)cc1. The Labute approximate surface area is 360 Å². The minimum absolute atomic E-state index is 1.11. The summed E-state index contributed by atoms with van der Waals surface area (Å²) in [4.78, 5) is 2.38. The minimum atomic E-state index is 1.11. The fraction of sp³-hybridized carbons (Fsp3) is 0. The zero-order chi connectivity index (χ0) is 41.0. The third kappa shape index (κ3) is 6.04. The van der Waals surface area contributed by atoms with Crippen molar-refractivity contribution in [2.75, 3.05) is 4.90 Å². The van der Waals surface area contributed by atoms with Gasteiger partial charge in [-0.25, -0.2) is 0 Å². The fourth-order valence-electron chi connectivity index (χ4n) is 9.58. The standard InChI is InChI=1S/C60H40N2/c1-3-13-41(14-4-1)43-23-30-47(31-24-43)61(48-32-25-44(26-33-48)42-15-5-2-6-16-42)50-36-38-54-53-37-29-46(39-57(53)51-17-7-8-18-52(51)58(54)40-50)45-27-34-49(35-28-45)62-59-21-11-9-19-55(59)56-20-10-12-22-60(56)62/h1-40H. The average molecular weight is 789 g/mol. The Balaban J connectivity index is 0.961. The van der Waals surface area contributed by atoms with Crippen molar-refractivity contribution in [2.24, 2.45) is 0 Å². The second-order valence-electron chi connectivity index (χ2n) is 16.1. The van der Waals surface area contributed by atoms with E-state index in [0.717, 1.165) is 22.7 Å². The zero-order valence-corrected chi connectivity index (χ0v) is 34.0. The maximum Gasteiger partial charge on any atom is 0.0541 e. The van der Waals surface area contributed by atoms with E-state index in [1.807, 2.05) is 0 Å². The number of para-hydroxylation sites is 2. The van der Waals surface area contributed by atoms with Crippen molar-refractivity contribution in [1.29, 1.82) is 0 Å². The topological polar surface area (TPSA) is 8.17 Å². The van der Waals surface area contributed by atoms with E-state index in [9.17, 15) is 0 Å². The highest BCUT2D eigenvalue weighted by Crippen LogP contribution is 2.43. The predicted octanol–water partition coefficient (Wildman–Crippen LogP) is 16.7. The Bertz CT molecular complexity index is 3430. The maximum atomic E-state index is 2.38. The molecule has 0 unspecified atom stereocenters. The molecule has 0 fully saturated rings. The van der Waals surface area contributed by atoms with Crippen molar-refractivity contribution >= 4 is 71.2 Å². The number of aromatic nitrogens is 1. The molecule has 12 aromatic rings. The van der Waals surface area contributed by atoms with Gasteiger partial charge in [-0.1, -0.05) is 176 Å². The van der Waals surface area contributed by atoms with Gasteiger partial charge in [0.2, 0.25) is 0 Å². The highest BCUT2D eigenvalue weighted by atomic mass is 15.1. The third-order valence-electron chi connectivity index (χ3n) is 12.6. The van der Waals surface area contributed by atoms with Gasteiger partial charge in [-0.15, -0.1) is 0 Å². The maximum absolute atomic E-state index is 2.38. The lowest BCUT2D eigenvalue weighted by Gasteiger charge is -2.27. The molecule has 1 aromatic heterocycles. The molecule has 0 radical (unpaired) electrons. The molecule has 0 aliphatic heterocycles. The summed E-state index contributed by atoms with van der Waals surface area (Å²) in [5, 5.41) is 10.0. The number of anilines is 3. The molecule has 12 rings (SSSR count). The molecule has 0 spiro atoms. The quantitative estimate of drug-likeness (QED) is 0.146. The Morgan fingerprint density at radius 1 is 0.226 bits per heavy atom. The first-order chi connectivity index (χ1) is 30.7. The largest absolute Gasteiger partial charge is 0.310 e. The first-order valence-electron chi connectivity index (χ1n) is 21.3. The molecule has 0 N–H and O–H groups in total. The van der Waals surface area contributed by atoms with Crippen LogP contribution in [0.1, 0.15) is 0 Å². The van der Waals surface area contributed by atoms with Crippen LogP contribution >= 0.6 is 0 Å². The number of fused-ring (bicyclic) bond motifs is 9. The van der Waals surface area contributed by atoms with E-state index >= 15 is 0 Å². The second kappa shape index (κ2) is 14.8. The summed E-state index contributed by atoms with van der Waals surface area (Å²) >= 11 is 0. The molecule has 2 heteroatoms. The molecule has 0 bridgehead atoms. The van der Waals surface area contributed by atoms with Crippen LogP contribution in [0.15, 0.2) is 243 Å². The van der Waals surface area contributed by atoms with Crippen LogP contribution in [0.3, 0.4) is 0 Å². The van der Waals surface area contributed by atoms with Crippen molar-refractivity contribution < 1.29 is 0 Å². The van der Waals surface area contributed by atoms with Crippen molar-refractivity contribution in [2.45, 2.75) is 0 Å². The molecule has 290 valence electrons. The van der Waals surface area contributed by atoms with Gasteiger partial charge in [0.25, 0.3) is 0 Å². The van der Waals surface area contributed by atoms with Crippen molar-refractivity contribution in [3.63, 3.8) is 0 Å². The molecule has 0 amide bonds. The summed E-state index contributed by atoms with van der Waals surface area (Å²) < 4.78 is 2.38. The highest BCUT2D eigenvalue weighted by Gasteiger charge is 2.17. The van der Waals surface area contributed by atoms with Crippen LogP contribution in [-0.2, 0) is 0 Å². The van der Waals surface area contributed by atoms with Gasteiger partial charge >= 0.3 is 0 Å². The lowest BCUT2D eigenvalue weighted by Crippen LogP contribution is -2.10. The smallest absolute Gasteiger partial charge is 0.0541 e. The van der Waals surface area contributed by atoms with Crippen LogP contribution in [0, 0.1) is 0 Å². The van der Waals surface area contributed by atoms with E-state index in [1.54, 1.807) is 0 Å². The second-order valence-corrected chi connectivity index (χ2v) is 16.1. The van der Waals surface area contributed by atoms with Crippen LogP contribution in [0.25, 0.3) is 93.2 Å². The lowest BCUT2D eigenvalue weighted by molar-refractivity contribution is 1.18. The summed E-state index contributed by atoms with van der Waals surface area (Å²) in [6.07, 6.45) is 0. The Kier molecular flexibility index (Phi) is 8.53. The third-order valence-corrected chi connectivity index (χ3v) is 12.6. The first-order valence-corrected chi connectivity index (χ1v) is 21.3. The van der Waals surface area contributed by atoms with E-state index in [-0.39, 0.29) is 0 Å². The average Bonchev–Trinajstić information content (AvgIpc) is 3.69. The number of hydrogen-bond acceptors (Lipinski definition) is 1. The van der Waals surface area contributed by atoms with Crippen LogP contribution in [0.2, 0.25) is 0 Å². The van der Waals surface area contributed by atoms with Gasteiger partial charge in [0, 0.05) is 33.5 Å². The highest BCUT2D eigenvalue weighted by molar-refractivity contribution is 6.26. The summed E-state index contributed by atoms with van der Waals surface area (Å²) in [6, 6.07) is 88.4. The van der Waals surface area contributed by atoms with Crippen molar-refractivity contribution in [3.8, 4) is 39.1 Å². The molecule has 0 aliphatic rings. The van der Waals surface area contributed by atoms with Gasteiger partial charge in [0.05, 0.1) is 11.0 Å². The summed E-state index contributed by atoms with van der Waals surface area (Å²) in [7, 11) is 0. The molecule has 0 atom stereocenters. The zero-order valence-electron chi connectivity index (χ0n) is 34.0. The number of rotatable bonds is 7. The molecule has 0 aliphatic carbocycles. The van der Waals surface area contributed by atoms with E-state index in [2.05, 4.69) is 252 Å². The monoisotopic (exact) mass is 788 g/mol. The normalized spacial score (nSPS) is 11.5. The minimum Gasteiger partial charge on any atom is -0.310 e. The Morgan fingerprint density at radius 2 is 0.581 bits per heavy atom. The first kappa shape index (κ1) is 35.7. The van der Waals surface area contributed by atoms with Gasteiger partial charge in [-0.3, -0.25) is 0 Å². The van der Waals surface area contributed by atoms with Gasteiger partial charge in [0.1, 0.15) is 0 Å². The van der Waals surface area contributed by atoms with Crippen LogP contribution in [0.4, 0.5) is 17.1 Å². The van der Waals surface area contributed by atoms with Crippen molar-refractivity contribution in [3.05, 3.63) is 243 Å². The summed E-state index contributed by atoms with van der Waals surface area (Å²) in [5.41, 5.74) is 14.1. The van der Waals surface area contributed by atoms with E-state index in [1.165, 1.54) is 87.5 Å². The molecule has 1 heterocycles. The van der Waals surface area contributed by atoms with Gasteiger partial charge in [-0.2, -0.15) is 0 Å². The van der Waals surface area contributed by atoms with Gasteiger partial charge in [0.15, 0.2) is 0 Å². The van der Waals surface area contributed by atoms with E-state index in [0.29, 0.717) is 0 Å². The molecular weight excluding hydrogens is 749 g/mol. The van der Waals surface area contributed by atoms with Gasteiger partial charge in [-0.05, 0) is 132 Å². The van der Waals surface area contributed by atoms with Crippen LogP contribution < -0.4 is 4.90 Å². The predicted molar refractivity (Wildman–Crippen MR) is 264 cm³/mol. The molecule has 0 saturated heterocycles. The number of hydrogen-bond donors (Lipinski definition) is 0. The van der Waals surface area contributed by atoms with Crippen molar-refractivity contribution in [1.82, 2.24) is 4.57 Å². The summed E-state index contributed by atoms with van der Waals surface area (Å²) in [5.74, 6) is 0. The van der Waals surface area contributed by atoms with Crippen LogP contribution in [-0.4, -0.2) is 4.57 Å². The van der Waals surface area contributed by atoms with Gasteiger partial charge < -0.3 is 9.47 Å². The number of nitrogens with zero attached hydrogens (tertiary/aromatic N) is 2. The van der Waals surface area contributed by atoms with Crippen LogP contribution in [0.5, 0.6) is 0 Å². The fourth-order valence-corrected chi connectivity index (χ4v) is 9.58. The lowest BCUT2D eigenvalue weighted by atomic mass is 9.91. The molecule has 62 heavy (non-hydrogen) atoms. The molecule has 0 saturated carbocycles. The molecule has 11 aromatic carbocycles. The Hall–Kier alpha value is -8.20. The summed E-state index contributed by atoms with van der Waals surface area (Å²) in [6.45, 7) is 0. The molecular formula is C60H40N2.